The van der Waals surface area contributed by atoms with Crippen LogP contribution in [0.5, 0.6) is 0 Å². The third-order valence-electron chi connectivity index (χ3n) is 7.24. The van der Waals surface area contributed by atoms with Crippen molar-refractivity contribution in [2.75, 3.05) is 14.1 Å². The molecule has 28 heavy (non-hydrogen) atoms. The Morgan fingerprint density at radius 2 is 1.89 bits per heavy atom. The van der Waals surface area contributed by atoms with Crippen molar-refractivity contribution in [3.63, 3.8) is 0 Å². The van der Waals surface area contributed by atoms with Crippen LogP contribution in [0.1, 0.15) is 55.0 Å². The van der Waals surface area contributed by atoms with Crippen molar-refractivity contribution in [3.8, 4) is 0 Å². The van der Waals surface area contributed by atoms with Gasteiger partial charge in [0.2, 0.25) is 0 Å². The monoisotopic (exact) mass is 377 g/mol. The van der Waals surface area contributed by atoms with Crippen molar-refractivity contribution in [1.29, 1.82) is 0 Å². The molecule has 1 heterocycles. The molecular weight excluding hydrogens is 342 g/mol. The Morgan fingerprint density at radius 3 is 2.54 bits per heavy atom. The van der Waals surface area contributed by atoms with E-state index in [1.54, 1.807) is 0 Å². The summed E-state index contributed by atoms with van der Waals surface area (Å²) in [4.78, 5) is 5.91. The van der Waals surface area contributed by atoms with E-state index in [4.69, 9.17) is 5.73 Å². The summed E-state index contributed by atoms with van der Waals surface area (Å²) in [7, 11) is 4.50. The molecule has 150 valence electrons. The van der Waals surface area contributed by atoms with Crippen LogP contribution in [0.3, 0.4) is 0 Å². The highest BCUT2D eigenvalue weighted by atomic mass is 15.1. The van der Waals surface area contributed by atoms with Crippen LogP contribution in [0.2, 0.25) is 0 Å². The molecule has 1 fully saturated rings. The van der Waals surface area contributed by atoms with E-state index >= 15 is 0 Å². The fraction of sp³-hybridized carbons (Fsp3) is 0.520. The minimum Gasteiger partial charge on any atom is -0.361 e. The van der Waals surface area contributed by atoms with Gasteiger partial charge in [-0.3, -0.25) is 4.90 Å². The van der Waals surface area contributed by atoms with E-state index in [0.29, 0.717) is 5.92 Å². The molecule has 1 saturated carbocycles. The first-order valence-electron chi connectivity index (χ1n) is 10.9. The second-order valence-electron chi connectivity index (χ2n) is 9.24. The van der Waals surface area contributed by atoms with Crippen molar-refractivity contribution < 1.29 is 0 Å². The number of allylic oxidation sites excluding steroid dienone is 1. The normalized spacial score (nSPS) is 28.3. The van der Waals surface area contributed by atoms with Crippen LogP contribution in [0.4, 0.5) is 0 Å². The quantitative estimate of drug-likeness (QED) is 0.791. The molecule has 0 amide bonds. The lowest BCUT2D eigenvalue weighted by Crippen LogP contribution is -2.45. The molecule has 0 radical (unpaired) electrons. The van der Waals surface area contributed by atoms with Crippen LogP contribution >= 0.6 is 0 Å². The van der Waals surface area contributed by atoms with Crippen LogP contribution in [0.15, 0.2) is 42.6 Å². The summed E-state index contributed by atoms with van der Waals surface area (Å²) in [6.07, 6.45) is 14.2. The lowest BCUT2D eigenvalue weighted by atomic mass is 9.67. The van der Waals surface area contributed by atoms with E-state index in [1.165, 1.54) is 54.5 Å². The first-order valence-corrected chi connectivity index (χ1v) is 10.9. The van der Waals surface area contributed by atoms with Gasteiger partial charge in [0.05, 0.1) is 0 Å². The number of nitrogens with two attached hydrogens (primary N) is 1. The van der Waals surface area contributed by atoms with Gasteiger partial charge in [-0.05, 0) is 94.1 Å². The van der Waals surface area contributed by atoms with Crippen LogP contribution in [0.25, 0.3) is 6.08 Å². The van der Waals surface area contributed by atoms with Crippen molar-refractivity contribution >= 4 is 6.08 Å². The fourth-order valence-electron chi connectivity index (χ4n) is 5.57. The summed E-state index contributed by atoms with van der Waals surface area (Å²) < 4.78 is 0. The van der Waals surface area contributed by atoms with Gasteiger partial charge in [0, 0.05) is 23.5 Å². The summed E-state index contributed by atoms with van der Waals surface area (Å²) in [6, 6.07) is 11.3. The molecular formula is C25H35N3. The summed E-state index contributed by atoms with van der Waals surface area (Å²) in [6.45, 7) is 2.10. The molecule has 2 aliphatic rings. The predicted molar refractivity (Wildman–Crippen MR) is 118 cm³/mol. The maximum absolute atomic E-state index is 6.07. The van der Waals surface area contributed by atoms with E-state index in [2.05, 4.69) is 79.6 Å². The molecule has 0 spiro atoms. The number of H-pyrrole nitrogens is 1. The highest BCUT2D eigenvalue weighted by Gasteiger charge is 2.40. The van der Waals surface area contributed by atoms with E-state index in [9.17, 15) is 0 Å². The van der Waals surface area contributed by atoms with Crippen LogP contribution in [-0.4, -0.2) is 30.0 Å². The number of hydrogen-bond donors (Lipinski definition) is 2. The third kappa shape index (κ3) is 3.58. The SMILES string of the molecule is C[C@H](N)Cc1c[nH]c2c1CC([C@H]1CC[C@](c3ccccc3)(N(C)C)CC1)C=C2. The van der Waals surface area contributed by atoms with Crippen molar-refractivity contribution in [2.24, 2.45) is 17.6 Å². The number of nitrogens with zero attached hydrogens (tertiary/aromatic N) is 1. The Labute approximate surface area is 170 Å². The molecule has 3 N–H and O–H groups in total. The number of rotatable bonds is 5. The number of aromatic amines is 1. The van der Waals surface area contributed by atoms with Gasteiger partial charge in [-0.15, -0.1) is 0 Å². The average molecular weight is 378 g/mol. The Bertz CT molecular complexity index is 808. The van der Waals surface area contributed by atoms with Gasteiger partial charge in [-0.25, -0.2) is 0 Å². The highest BCUT2D eigenvalue weighted by molar-refractivity contribution is 5.56. The van der Waals surface area contributed by atoms with Gasteiger partial charge >= 0.3 is 0 Å². The molecule has 0 aliphatic heterocycles. The molecule has 3 nitrogen and oxygen atoms in total. The Hall–Kier alpha value is -1.84. The molecule has 1 aromatic heterocycles. The Kier molecular flexibility index (Phi) is 5.48. The lowest BCUT2D eigenvalue weighted by Gasteiger charge is -2.47. The molecule has 4 rings (SSSR count). The van der Waals surface area contributed by atoms with Gasteiger partial charge in [0.25, 0.3) is 0 Å². The van der Waals surface area contributed by atoms with Gasteiger partial charge in [-0.1, -0.05) is 36.4 Å². The Morgan fingerprint density at radius 1 is 1.18 bits per heavy atom. The minimum atomic E-state index is 0.190. The second-order valence-corrected chi connectivity index (χ2v) is 9.24. The van der Waals surface area contributed by atoms with E-state index in [-0.39, 0.29) is 11.6 Å². The topological polar surface area (TPSA) is 45.1 Å². The maximum atomic E-state index is 6.07. The highest BCUT2D eigenvalue weighted by Crippen LogP contribution is 2.46. The number of benzene rings is 1. The van der Waals surface area contributed by atoms with Gasteiger partial charge in [0.1, 0.15) is 0 Å². The van der Waals surface area contributed by atoms with Crippen molar-refractivity contribution in [1.82, 2.24) is 9.88 Å². The zero-order chi connectivity index (χ0) is 19.7. The standard InChI is InChI=1S/C25H35N3/c1-18(26)15-21-17-27-24-10-9-20(16-23(21)24)19-11-13-25(14-12-19,28(2)3)22-7-5-4-6-8-22/h4-10,17-20,27H,11-16,26H2,1-3H3/t18-,19-,20?,25-/m0/s1. The predicted octanol–water partition coefficient (Wildman–Crippen LogP) is 4.74. The van der Waals surface area contributed by atoms with E-state index < -0.39 is 0 Å². The molecule has 0 bridgehead atoms. The number of hydrogen-bond acceptors (Lipinski definition) is 2. The van der Waals surface area contributed by atoms with Gasteiger partial charge < -0.3 is 10.7 Å². The first kappa shape index (κ1) is 19.5. The van der Waals surface area contributed by atoms with Crippen molar-refractivity contribution in [2.45, 2.75) is 57.0 Å². The maximum Gasteiger partial charge on any atom is 0.0455 e. The largest absolute Gasteiger partial charge is 0.361 e. The van der Waals surface area contributed by atoms with Gasteiger partial charge in [-0.2, -0.15) is 0 Å². The van der Waals surface area contributed by atoms with E-state index in [1.807, 2.05) is 0 Å². The smallest absolute Gasteiger partial charge is 0.0455 e. The summed E-state index contributed by atoms with van der Waals surface area (Å²) >= 11 is 0. The lowest BCUT2D eigenvalue weighted by molar-refractivity contribution is 0.0671. The van der Waals surface area contributed by atoms with Gasteiger partial charge in [0.15, 0.2) is 0 Å². The molecule has 1 aromatic carbocycles. The molecule has 1 unspecified atom stereocenters. The summed E-state index contributed by atoms with van der Waals surface area (Å²) in [5, 5.41) is 0. The average Bonchev–Trinajstić information content (AvgIpc) is 3.10. The first-order chi connectivity index (χ1) is 13.5. The van der Waals surface area contributed by atoms with Crippen LogP contribution < -0.4 is 5.73 Å². The second kappa shape index (κ2) is 7.88. The van der Waals surface area contributed by atoms with Crippen molar-refractivity contribution in [3.05, 3.63) is 65.0 Å². The Balaban J connectivity index is 1.48. The molecule has 2 atom stereocenters. The molecule has 2 aliphatic carbocycles. The van der Waals surface area contributed by atoms with E-state index in [0.717, 1.165) is 12.3 Å². The number of nitrogens with one attached hydrogen (secondary N) is 1. The fourth-order valence-corrected chi connectivity index (χ4v) is 5.57. The zero-order valence-electron chi connectivity index (χ0n) is 17.6. The molecule has 2 aromatic rings. The zero-order valence-corrected chi connectivity index (χ0v) is 17.6. The third-order valence-corrected chi connectivity index (χ3v) is 7.24. The summed E-state index contributed by atoms with van der Waals surface area (Å²) in [5.41, 5.74) is 12.0. The molecule has 0 saturated heterocycles. The minimum absolute atomic E-state index is 0.190. The number of fused-ring (bicyclic) bond motifs is 1. The van der Waals surface area contributed by atoms with Crippen LogP contribution in [-0.2, 0) is 18.4 Å². The van der Waals surface area contributed by atoms with Crippen LogP contribution in [0, 0.1) is 11.8 Å². The molecule has 3 heteroatoms. The number of aromatic nitrogens is 1. The summed E-state index contributed by atoms with van der Waals surface area (Å²) in [5.74, 6) is 1.44.